The van der Waals surface area contributed by atoms with E-state index in [9.17, 15) is 4.79 Å². The molecular formula is C16H13NO3. The van der Waals surface area contributed by atoms with Crippen molar-refractivity contribution in [3.63, 3.8) is 0 Å². The Balaban J connectivity index is 2.14. The molecule has 0 amide bonds. The molecular weight excluding hydrogens is 254 g/mol. The summed E-state index contributed by atoms with van der Waals surface area (Å²) in [5.74, 6) is 2.84. The van der Waals surface area contributed by atoms with E-state index in [1.54, 1.807) is 12.1 Å². The van der Waals surface area contributed by atoms with Crippen LogP contribution in [0.1, 0.15) is 21.9 Å². The van der Waals surface area contributed by atoms with Crippen LogP contribution < -0.4 is 0 Å². The van der Waals surface area contributed by atoms with Gasteiger partial charge in [0, 0.05) is 5.56 Å². The van der Waals surface area contributed by atoms with Gasteiger partial charge in [0.05, 0.1) is 0 Å². The van der Waals surface area contributed by atoms with Crippen molar-refractivity contribution in [1.29, 1.82) is 0 Å². The normalized spacial score (nSPS) is 10.7. The first-order chi connectivity index (χ1) is 9.67. The molecule has 0 bridgehead atoms. The lowest BCUT2D eigenvalue weighted by Gasteiger charge is -2.03. The molecule has 0 spiro atoms. The van der Waals surface area contributed by atoms with Crippen LogP contribution in [-0.2, 0) is 0 Å². The Labute approximate surface area is 116 Å². The van der Waals surface area contributed by atoms with Gasteiger partial charge in [-0.05, 0) is 50.2 Å². The molecule has 0 saturated carbocycles. The largest absolute Gasteiger partial charge is 0.460 e. The highest BCUT2D eigenvalue weighted by Gasteiger charge is 2.13. The highest BCUT2D eigenvalue weighted by Crippen LogP contribution is 2.27. The van der Waals surface area contributed by atoms with Gasteiger partial charge in [-0.2, -0.15) is 0 Å². The predicted octanol–water partition coefficient (Wildman–Crippen LogP) is 4.03. The van der Waals surface area contributed by atoms with Crippen LogP contribution in [0.3, 0.4) is 0 Å². The molecule has 0 radical (unpaired) electrons. The minimum atomic E-state index is 0.492. The molecule has 4 heteroatoms. The zero-order valence-electron chi connectivity index (χ0n) is 11.2. The number of furan rings is 2. The number of nitrogens with zero attached hydrogens (tertiary/aromatic N) is 1. The van der Waals surface area contributed by atoms with Gasteiger partial charge in [0.2, 0.25) is 0 Å². The van der Waals surface area contributed by atoms with Crippen LogP contribution in [0.5, 0.6) is 0 Å². The Morgan fingerprint density at radius 1 is 0.900 bits per heavy atom. The van der Waals surface area contributed by atoms with Crippen molar-refractivity contribution < 1.29 is 13.6 Å². The van der Waals surface area contributed by atoms with Gasteiger partial charge in [0.25, 0.3) is 0 Å². The quantitative estimate of drug-likeness (QED) is 0.672. The molecule has 3 heterocycles. The smallest absolute Gasteiger partial charge is 0.153 e. The first kappa shape index (κ1) is 12.4. The SMILES string of the molecule is Cc1ccc(-c2ccc(C=O)c(-c3ccc(C)o3)n2)o1. The van der Waals surface area contributed by atoms with Gasteiger partial charge in [0.1, 0.15) is 22.9 Å². The van der Waals surface area contributed by atoms with Crippen molar-refractivity contribution >= 4 is 6.29 Å². The van der Waals surface area contributed by atoms with Crippen LogP contribution in [-0.4, -0.2) is 11.3 Å². The van der Waals surface area contributed by atoms with Crippen LogP contribution >= 0.6 is 0 Å². The lowest BCUT2D eigenvalue weighted by Crippen LogP contribution is -1.93. The van der Waals surface area contributed by atoms with Gasteiger partial charge in [-0.15, -0.1) is 0 Å². The summed E-state index contributed by atoms with van der Waals surface area (Å²) in [4.78, 5) is 15.6. The van der Waals surface area contributed by atoms with E-state index in [0.29, 0.717) is 28.5 Å². The Morgan fingerprint density at radius 2 is 1.55 bits per heavy atom. The second kappa shape index (κ2) is 4.81. The average molecular weight is 267 g/mol. The zero-order chi connectivity index (χ0) is 14.1. The fourth-order valence-electron chi connectivity index (χ4n) is 2.03. The molecule has 3 aromatic rings. The van der Waals surface area contributed by atoms with Crippen molar-refractivity contribution in [2.75, 3.05) is 0 Å². The van der Waals surface area contributed by atoms with E-state index >= 15 is 0 Å². The number of carbonyl (C=O) groups is 1. The molecule has 0 aliphatic rings. The summed E-state index contributed by atoms with van der Waals surface area (Å²) in [6, 6.07) is 10.9. The maximum absolute atomic E-state index is 11.2. The van der Waals surface area contributed by atoms with Gasteiger partial charge in [-0.3, -0.25) is 4.79 Å². The minimum Gasteiger partial charge on any atom is -0.460 e. The minimum absolute atomic E-state index is 0.492. The third kappa shape index (κ3) is 2.16. The van der Waals surface area contributed by atoms with Gasteiger partial charge >= 0.3 is 0 Å². The third-order valence-corrected chi connectivity index (χ3v) is 3.02. The Bertz CT molecular complexity index is 768. The molecule has 100 valence electrons. The fraction of sp³-hybridized carbons (Fsp3) is 0.125. The number of pyridine rings is 1. The van der Waals surface area contributed by atoms with Crippen molar-refractivity contribution in [2.24, 2.45) is 0 Å². The number of aryl methyl sites for hydroxylation is 2. The maximum Gasteiger partial charge on any atom is 0.153 e. The van der Waals surface area contributed by atoms with E-state index < -0.39 is 0 Å². The molecule has 0 N–H and O–H groups in total. The van der Waals surface area contributed by atoms with E-state index in [1.807, 2.05) is 38.1 Å². The lowest BCUT2D eigenvalue weighted by atomic mass is 10.1. The summed E-state index contributed by atoms with van der Waals surface area (Å²) < 4.78 is 11.1. The molecule has 0 fully saturated rings. The first-order valence-electron chi connectivity index (χ1n) is 6.27. The summed E-state index contributed by atoms with van der Waals surface area (Å²) in [5, 5.41) is 0. The molecule has 0 saturated heterocycles. The molecule has 3 rings (SSSR count). The first-order valence-corrected chi connectivity index (χ1v) is 6.27. The Kier molecular flexibility index (Phi) is 2.99. The maximum atomic E-state index is 11.2. The van der Waals surface area contributed by atoms with Crippen LogP contribution in [0.15, 0.2) is 45.2 Å². The van der Waals surface area contributed by atoms with E-state index in [2.05, 4.69) is 4.98 Å². The molecule has 0 aliphatic carbocycles. The highest BCUT2D eigenvalue weighted by molar-refractivity contribution is 5.85. The number of carbonyl (C=O) groups excluding carboxylic acids is 1. The third-order valence-electron chi connectivity index (χ3n) is 3.02. The van der Waals surface area contributed by atoms with Crippen molar-refractivity contribution in [1.82, 2.24) is 4.98 Å². The number of rotatable bonds is 3. The molecule has 0 aromatic carbocycles. The number of aromatic nitrogens is 1. The molecule has 3 aromatic heterocycles. The van der Waals surface area contributed by atoms with Crippen LogP contribution in [0.25, 0.3) is 22.9 Å². The highest BCUT2D eigenvalue weighted by atomic mass is 16.3. The standard InChI is InChI=1S/C16H13NO3/c1-10-3-7-14(19-10)13-6-5-12(9-18)16(17-13)15-8-4-11(2)20-15/h3-9H,1-2H3. The van der Waals surface area contributed by atoms with Gasteiger partial charge in [-0.1, -0.05) is 0 Å². The predicted molar refractivity (Wildman–Crippen MR) is 74.5 cm³/mol. The number of aldehydes is 1. The van der Waals surface area contributed by atoms with Crippen molar-refractivity contribution in [3.05, 3.63) is 53.5 Å². The fourth-order valence-corrected chi connectivity index (χ4v) is 2.03. The van der Waals surface area contributed by atoms with Crippen molar-refractivity contribution in [3.8, 4) is 22.9 Å². The number of hydrogen-bond donors (Lipinski definition) is 0. The van der Waals surface area contributed by atoms with Crippen LogP contribution in [0.2, 0.25) is 0 Å². The van der Waals surface area contributed by atoms with E-state index in [0.717, 1.165) is 17.8 Å². The topological polar surface area (TPSA) is 56.2 Å². The molecule has 4 nitrogen and oxygen atoms in total. The second-order valence-electron chi connectivity index (χ2n) is 4.57. The summed E-state index contributed by atoms with van der Waals surface area (Å²) >= 11 is 0. The van der Waals surface area contributed by atoms with Crippen molar-refractivity contribution in [2.45, 2.75) is 13.8 Å². The van der Waals surface area contributed by atoms with E-state index in [4.69, 9.17) is 8.83 Å². The van der Waals surface area contributed by atoms with Gasteiger partial charge in [-0.25, -0.2) is 4.98 Å². The zero-order valence-corrected chi connectivity index (χ0v) is 11.2. The van der Waals surface area contributed by atoms with Gasteiger partial charge in [0.15, 0.2) is 17.8 Å². The summed E-state index contributed by atoms with van der Waals surface area (Å²) in [7, 11) is 0. The monoisotopic (exact) mass is 267 g/mol. The summed E-state index contributed by atoms with van der Waals surface area (Å²) in [5.41, 5.74) is 1.69. The lowest BCUT2D eigenvalue weighted by molar-refractivity contribution is 0.112. The molecule has 20 heavy (non-hydrogen) atoms. The summed E-state index contributed by atoms with van der Waals surface area (Å²) in [6.45, 7) is 3.73. The molecule has 0 aliphatic heterocycles. The van der Waals surface area contributed by atoms with E-state index in [1.165, 1.54) is 0 Å². The average Bonchev–Trinajstić information content (AvgIpc) is 3.07. The molecule has 0 unspecified atom stereocenters. The van der Waals surface area contributed by atoms with Crippen LogP contribution in [0, 0.1) is 13.8 Å². The van der Waals surface area contributed by atoms with E-state index in [-0.39, 0.29) is 0 Å². The van der Waals surface area contributed by atoms with Crippen LogP contribution in [0.4, 0.5) is 0 Å². The Hall–Kier alpha value is -2.62. The molecule has 0 atom stereocenters. The Morgan fingerprint density at radius 3 is 2.10 bits per heavy atom. The number of hydrogen-bond acceptors (Lipinski definition) is 4. The second-order valence-corrected chi connectivity index (χ2v) is 4.57. The summed E-state index contributed by atoms with van der Waals surface area (Å²) in [6.07, 6.45) is 0.775. The van der Waals surface area contributed by atoms with Gasteiger partial charge < -0.3 is 8.83 Å².